The lowest BCUT2D eigenvalue weighted by atomic mass is 9.99. The van der Waals surface area contributed by atoms with E-state index < -0.39 is 0 Å². The summed E-state index contributed by atoms with van der Waals surface area (Å²) in [6, 6.07) is 6.41. The van der Waals surface area contributed by atoms with Crippen LogP contribution in [0.1, 0.15) is 28.7 Å². The average Bonchev–Trinajstić information content (AvgIpc) is 2.39. The molecule has 0 bridgehead atoms. The zero-order valence-electron chi connectivity index (χ0n) is 11.0. The second kappa shape index (κ2) is 5.86. The van der Waals surface area contributed by atoms with Gasteiger partial charge in [-0.25, -0.2) is 14.4 Å². The fraction of sp³-hybridized carbons (Fsp3) is 0.286. The van der Waals surface area contributed by atoms with Crippen LogP contribution in [0.15, 0.2) is 30.5 Å². The van der Waals surface area contributed by atoms with Crippen LogP contribution >= 0.6 is 0 Å². The molecule has 2 rings (SSSR count). The summed E-state index contributed by atoms with van der Waals surface area (Å²) in [4.78, 5) is 8.40. The van der Waals surface area contributed by atoms with Gasteiger partial charge in [0, 0.05) is 6.20 Å². The molecule has 0 aliphatic heterocycles. The third-order valence-corrected chi connectivity index (χ3v) is 3.09. The number of rotatable bonds is 4. The molecule has 0 radical (unpaired) electrons. The predicted octanol–water partition coefficient (Wildman–Crippen LogP) is 1.98. The molecule has 1 unspecified atom stereocenters. The summed E-state index contributed by atoms with van der Waals surface area (Å²) in [6.45, 7) is 3.78. The van der Waals surface area contributed by atoms with Crippen LogP contribution < -0.4 is 11.3 Å². The monoisotopic (exact) mass is 260 g/mol. The van der Waals surface area contributed by atoms with Crippen LogP contribution in [0.2, 0.25) is 0 Å². The molecule has 2 aromatic rings. The zero-order chi connectivity index (χ0) is 13.8. The Morgan fingerprint density at radius 1 is 1.32 bits per heavy atom. The maximum atomic E-state index is 13.3. The van der Waals surface area contributed by atoms with Gasteiger partial charge in [0.25, 0.3) is 0 Å². The minimum Gasteiger partial charge on any atom is -0.271 e. The van der Waals surface area contributed by atoms with Crippen molar-refractivity contribution in [3.05, 3.63) is 58.9 Å². The minimum atomic E-state index is -0.241. The Hall–Kier alpha value is -1.85. The van der Waals surface area contributed by atoms with E-state index in [0.717, 1.165) is 16.8 Å². The van der Waals surface area contributed by atoms with Gasteiger partial charge in [0.15, 0.2) is 0 Å². The van der Waals surface area contributed by atoms with E-state index in [2.05, 4.69) is 15.4 Å². The van der Waals surface area contributed by atoms with Crippen LogP contribution in [0.25, 0.3) is 0 Å². The van der Waals surface area contributed by atoms with Crippen molar-refractivity contribution in [2.45, 2.75) is 26.3 Å². The van der Waals surface area contributed by atoms with Gasteiger partial charge in [0.05, 0.1) is 11.7 Å². The standard InChI is InChI=1S/C14H17FN4/c1-9-3-4-12(15)7-11(9)8-14(19-16)13-5-6-17-10(2)18-13/h3-7,14,19H,8,16H2,1-2H3. The SMILES string of the molecule is Cc1nccc(C(Cc2cc(F)ccc2C)NN)n1. The molecule has 0 spiro atoms. The lowest BCUT2D eigenvalue weighted by Crippen LogP contribution is -2.30. The number of hydrogen-bond donors (Lipinski definition) is 2. The van der Waals surface area contributed by atoms with Crippen LogP contribution in [0.5, 0.6) is 0 Å². The number of benzene rings is 1. The first-order chi connectivity index (χ1) is 9.10. The lowest BCUT2D eigenvalue weighted by molar-refractivity contribution is 0.532. The molecule has 1 aromatic heterocycles. The molecule has 0 amide bonds. The third-order valence-electron chi connectivity index (χ3n) is 3.09. The van der Waals surface area contributed by atoms with Crippen molar-refractivity contribution in [3.63, 3.8) is 0 Å². The molecule has 100 valence electrons. The lowest BCUT2D eigenvalue weighted by Gasteiger charge is -2.17. The zero-order valence-corrected chi connectivity index (χ0v) is 11.0. The Bertz CT molecular complexity index is 571. The van der Waals surface area contributed by atoms with Gasteiger partial charge in [-0.15, -0.1) is 0 Å². The number of hydrogen-bond acceptors (Lipinski definition) is 4. The number of nitrogens with one attached hydrogen (secondary N) is 1. The molecule has 0 aliphatic rings. The first-order valence-electron chi connectivity index (χ1n) is 6.11. The Kier molecular flexibility index (Phi) is 4.19. The largest absolute Gasteiger partial charge is 0.271 e. The van der Waals surface area contributed by atoms with Crippen LogP contribution in [0, 0.1) is 19.7 Å². The number of aryl methyl sites for hydroxylation is 2. The summed E-state index contributed by atoms with van der Waals surface area (Å²) in [5, 5.41) is 0. The van der Waals surface area contributed by atoms with Crippen LogP contribution in [0.3, 0.4) is 0 Å². The average molecular weight is 260 g/mol. The predicted molar refractivity (Wildman–Crippen MR) is 71.7 cm³/mol. The molecule has 0 saturated heterocycles. The van der Waals surface area contributed by atoms with Gasteiger partial charge in [0.1, 0.15) is 11.6 Å². The van der Waals surface area contributed by atoms with Crippen LogP contribution in [-0.2, 0) is 6.42 Å². The minimum absolute atomic E-state index is 0.165. The summed E-state index contributed by atoms with van der Waals surface area (Å²) in [5.74, 6) is 6.03. The quantitative estimate of drug-likeness (QED) is 0.651. The van der Waals surface area contributed by atoms with E-state index in [0.29, 0.717) is 12.2 Å². The molecule has 0 fully saturated rings. The molecule has 19 heavy (non-hydrogen) atoms. The van der Waals surface area contributed by atoms with Gasteiger partial charge >= 0.3 is 0 Å². The van der Waals surface area contributed by atoms with Gasteiger partial charge in [0.2, 0.25) is 0 Å². The normalized spacial score (nSPS) is 12.4. The highest BCUT2D eigenvalue weighted by atomic mass is 19.1. The van der Waals surface area contributed by atoms with E-state index in [1.54, 1.807) is 12.3 Å². The van der Waals surface area contributed by atoms with Gasteiger partial charge in [-0.3, -0.25) is 11.3 Å². The highest BCUT2D eigenvalue weighted by Gasteiger charge is 2.14. The Morgan fingerprint density at radius 3 is 2.79 bits per heavy atom. The Labute approximate surface area is 111 Å². The molecule has 5 heteroatoms. The van der Waals surface area contributed by atoms with Crippen molar-refractivity contribution in [2.24, 2.45) is 5.84 Å². The van der Waals surface area contributed by atoms with Gasteiger partial charge in [-0.1, -0.05) is 6.07 Å². The summed E-state index contributed by atoms with van der Waals surface area (Å²) in [5.41, 5.74) is 5.48. The summed E-state index contributed by atoms with van der Waals surface area (Å²) in [7, 11) is 0. The van der Waals surface area contributed by atoms with E-state index in [9.17, 15) is 4.39 Å². The van der Waals surface area contributed by atoms with Crippen molar-refractivity contribution in [1.82, 2.24) is 15.4 Å². The van der Waals surface area contributed by atoms with Gasteiger partial charge < -0.3 is 0 Å². The molecular formula is C14H17FN4. The topological polar surface area (TPSA) is 63.8 Å². The molecule has 0 aliphatic carbocycles. The number of halogens is 1. The first kappa shape index (κ1) is 13.6. The molecule has 0 saturated carbocycles. The van der Waals surface area contributed by atoms with Crippen molar-refractivity contribution < 1.29 is 4.39 Å². The number of aromatic nitrogens is 2. The molecule has 3 N–H and O–H groups in total. The smallest absolute Gasteiger partial charge is 0.125 e. The Balaban J connectivity index is 2.26. The molecule has 4 nitrogen and oxygen atoms in total. The van der Waals surface area contributed by atoms with Crippen LogP contribution in [0.4, 0.5) is 4.39 Å². The molecule has 1 atom stereocenters. The summed E-state index contributed by atoms with van der Waals surface area (Å²) >= 11 is 0. The summed E-state index contributed by atoms with van der Waals surface area (Å²) in [6.07, 6.45) is 2.27. The van der Waals surface area contributed by atoms with Crippen molar-refractivity contribution in [2.75, 3.05) is 0 Å². The van der Waals surface area contributed by atoms with Gasteiger partial charge in [-0.05, 0) is 49.6 Å². The maximum absolute atomic E-state index is 13.3. The first-order valence-corrected chi connectivity index (χ1v) is 6.11. The fourth-order valence-electron chi connectivity index (χ4n) is 2.00. The molecule has 1 heterocycles. The molecular weight excluding hydrogens is 243 g/mol. The third kappa shape index (κ3) is 3.33. The van der Waals surface area contributed by atoms with Crippen molar-refractivity contribution in [1.29, 1.82) is 0 Å². The van der Waals surface area contributed by atoms with E-state index >= 15 is 0 Å². The highest BCUT2D eigenvalue weighted by molar-refractivity contribution is 5.28. The van der Waals surface area contributed by atoms with Gasteiger partial charge in [-0.2, -0.15) is 0 Å². The second-order valence-corrected chi connectivity index (χ2v) is 4.52. The van der Waals surface area contributed by atoms with E-state index in [4.69, 9.17) is 5.84 Å². The number of hydrazine groups is 1. The van der Waals surface area contributed by atoms with Crippen LogP contribution in [-0.4, -0.2) is 9.97 Å². The second-order valence-electron chi connectivity index (χ2n) is 4.52. The Morgan fingerprint density at radius 2 is 2.11 bits per heavy atom. The van der Waals surface area contributed by atoms with E-state index in [-0.39, 0.29) is 11.9 Å². The number of nitrogens with two attached hydrogens (primary N) is 1. The number of nitrogens with zero attached hydrogens (tertiary/aromatic N) is 2. The fourth-order valence-corrected chi connectivity index (χ4v) is 2.00. The maximum Gasteiger partial charge on any atom is 0.125 e. The van der Waals surface area contributed by atoms with Crippen molar-refractivity contribution >= 4 is 0 Å². The molecule has 1 aromatic carbocycles. The highest BCUT2D eigenvalue weighted by Crippen LogP contribution is 2.19. The van der Waals surface area contributed by atoms with Crippen molar-refractivity contribution in [3.8, 4) is 0 Å². The van der Waals surface area contributed by atoms with E-state index in [1.165, 1.54) is 12.1 Å². The van der Waals surface area contributed by atoms with E-state index in [1.807, 2.05) is 19.9 Å². The summed E-state index contributed by atoms with van der Waals surface area (Å²) < 4.78 is 13.3.